The van der Waals surface area contributed by atoms with Gasteiger partial charge in [-0.2, -0.15) is 0 Å². The third-order valence-electron chi connectivity index (χ3n) is 4.93. The molecule has 31 heavy (non-hydrogen) atoms. The molecular formula is C21H21BrCl2FN3O2S. The Morgan fingerprint density at radius 1 is 1.26 bits per heavy atom. The van der Waals surface area contributed by atoms with Gasteiger partial charge in [0.2, 0.25) is 0 Å². The van der Waals surface area contributed by atoms with Gasteiger partial charge in [-0.15, -0.1) is 12.4 Å². The normalized spacial score (nSPS) is 14.4. The molecule has 2 aromatic carbocycles. The number of amides is 1. The predicted molar refractivity (Wildman–Crippen MR) is 130 cm³/mol. The molecule has 1 amide bonds. The zero-order valence-corrected chi connectivity index (χ0v) is 20.5. The fraction of sp³-hybridized carbons (Fsp3) is 0.333. The fourth-order valence-electron chi connectivity index (χ4n) is 3.37. The van der Waals surface area contributed by atoms with Crippen molar-refractivity contribution in [3.8, 4) is 0 Å². The van der Waals surface area contributed by atoms with Gasteiger partial charge in [0.15, 0.2) is 5.13 Å². The molecule has 10 heteroatoms. The third kappa shape index (κ3) is 5.94. The number of ether oxygens (including phenoxy) is 1. The van der Waals surface area contributed by atoms with E-state index in [1.807, 2.05) is 0 Å². The fourth-order valence-corrected chi connectivity index (χ4v) is 4.94. The topological polar surface area (TPSA) is 45.7 Å². The summed E-state index contributed by atoms with van der Waals surface area (Å²) >= 11 is 11.0. The Hall–Kier alpha value is -1.29. The van der Waals surface area contributed by atoms with Crippen LogP contribution in [0.4, 0.5) is 9.52 Å². The van der Waals surface area contributed by atoms with Crippen LogP contribution in [-0.4, -0.2) is 55.2 Å². The van der Waals surface area contributed by atoms with Gasteiger partial charge < -0.3 is 4.74 Å². The van der Waals surface area contributed by atoms with Crippen LogP contribution >= 0.6 is 51.3 Å². The first kappa shape index (κ1) is 24.4. The zero-order valence-electron chi connectivity index (χ0n) is 16.5. The number of carbonyl (C=O) groups is 1. The second kappa shape index (κ2) is 11.0. The molecule has 4 rings (SSSR count). The van der Waals surface area contributed by atoms with E-state index in [9.17, 15) is 9.18 Å². The summed E-state index contributed by atoms with van der Waals surface area (Å²) in [5.74, 6) is -0.541. The van der Waals surface area contributed by atoms with Gasteiger partial charge >= 0.3 is 0 Å². The standard InChI is InChI=1S/C21H20BrClFN3O2S.ClH/c22-14-2-4-17(23)16(12-14)20(28)27(7-1-6-26-8-10-29-11-9-26)21-25-18-5-3-15(24)13-19(18)30-21;/h2-5,12-13H,1,6-11H2;1H. The van der Waals surface area contributed by atoms with Crippen LogP contribution in [0, 0.1) is 5.82 Å². The minimum atomic E-state index is -0.321. The van der Waals surface area contributed by atoms with Crippen LogP contribution in [0.2, 0.25) is 5.02 Å². The molecule has 1 aliphatic rings. The van der Waals surface area contributed by atoms with E-state index >= 15 is 0 Å². The number of fused-ring (bicyclic) bond motifs is 1. The number of carbonyl (C=O) groups excluding carboxylic acids is 1. The number of anilines is 1. The van der Waals surface area contributed by atoms with Crippen molar-refractivity contribution in [2.24, 2.45) is 0 Å². The molecule has 0 unspecified atom stereocenters. The Morgan fingerprint density at radius 3 is 2.81 bits per heavy atom. The Labute approximate surface area is 203 Å². The first-order valence-corrected chi connectivity index (χ1v) is 11.6. The van der Waals surface area contributed by atoms with Gasteiger partial charge in [-0.05, 0) is 42.8 Å². The monoisotopic (exact) mass is 547 g/mol. The average Bonchev–Trinajstić information content (AvgIpc) is 3.16. The van der Waals surface area contributed by atoms with Crippen molar-refractivity contribution in [3.63, 3.8) is 0 Å². The molecule has 1 aliphatic heterocycles. The lowest BCUT2D eigenvalue weighted by atomic mass is 10.2. The summed E-state index contributed by atoms with van der Waals surface area (Å²) in [4.78, 5) is 22.0. The van der Waals surface area contributed by atoms with Gasteiger partial charge in [0.05, 0.1) is 34.0 Å². The largest absolute Gasteiger partial charge is 0.379 e. The second-order valence-electron chi connectivity index (χ2n) is 7.00. The average molecular weight is 549 g/mol. The molecule has 0 aliphatic carbocycles. The summed E-state index contributed by atoms with van der Waals surface area (Å²) in [6.07, 6.45) is 0.779. The van der Waals surface area contributed by atoms with Crippen LogP contribution in [0.1, 0.15) is 16.8 Å². The second-order valence-corrected chi connectivity index (χ2v) is 9.33. The van der Waals surface area contributed by atoms with Gasteiger partial charge in [-0.3, -0.25) is 14.6 Å². The molecule has 1 saturated heterocycles. The van der Waals surface area contributed by atoms with Crippen LogP contribution in [0.15, 0.2) is 40.9 Å². The van der Waals surface area contributed by atoms with E-state index < -0.39 is 0 Å². The highest BCUT2D eigenvalue weighted by molar-refractivity contribution is 9.10. The Kier molecular flexibility index (Phi) is 8.66. The van der Waals surface area contributed by atoms with E-state index in [0.29, 0.717) is 32.5 Å². The van der Waals surface area contributed by atoms with Crippen molar-refractivity contribution in [2.45, 2.75) is 6.42 Å². The van der Waals surface area contributed by atoms with Gasteiger partial charge in [0.25, 0.3) is 5.91 Å². The number of thiazole rings is 1. The summed E-state index contributed by atoms with van der Waals surface area (Å²) < 4.78 is 20.5. The number of morpholine rings is 1. The van der Waals surface area contributed by atoms with Crippen molar-refractivity contribution >= 4 is 72.5 Å². The molecule has 0 bridgehead atoms. The molecule has 166 valence electrons. The minimum Gasteiger partial charge on any atom is -0.379 e. The summed E-state index contributed by atoms with van der Waals surface area (Å²) in [7, 11) is 0. The smallest absolute Gasteiger partial charge is 0.261 e. The molecule has 5 nitrogen and oxygen atoms in total. The van der Waals surface area contributed by atoms with E-state index in [2.05, 4.69) is 25.8 Å². The van der Waals surface area contributed by atoms with Crippen molar-refractivity contribution in [1.29, 1.82) is 0 Å². The highest BCUT2D eigenvalue weighted by Gasteiger charge is 2.24. The lowest BCUT2D eigenvalue weighted by Gasteiger charge is -2.27. The Balaban J connectivity index is 0.00000272. The van der Waals surface area contributed by atoms with E-state index in [0.717, 1.165) is 43.7 Å². The van der Waals surface area contributed by atoms with Crippen molar-refractivity contribution < 1.29 is 13.9 Å². The van der Waals surface area contributed by atoms with Crippen LogP contribution < -0.4 is 4.90 Å². The molecule has 0 atom stereocenters. The number of nitrogens with zero attached hydrogens (tertiary/aromatic N) is 3. The van der Waals surface area contributed by atoms with Gasteiger partial charge in [0, 0.05) is 30.7 Å². The molecule has 1 aromatic heterocycles. The van der Waals surface area contributed by atoms with E-state index in [-0.39, 0.29) is 24.1 Å². The summed E-state index contributed by atoms with van der Waals surface area (Å²) in [5, 5.41) is 0.923. The van der Waals surface area contributed by atoms with E-state index in [1.54, 1.807) is 29.2 Å². The van der Waals surface area contributed by atoms with Crippen LogP contribution in [0.3, 0.4) is 0 Å². The highest BCUT2D eigenvalue weighted by Crippen LogP contribution is 2.32. The van der Waals surface area contributed by atoms with Crippen molar-refractivity contribution in [1.82, 2.24) is 9.88 Å². The molecular weight excluding hydrogens is 528 g/mol. The molecule has 0 N–H and O–H groups in total. The SMILES string of the molecule is Cl.O=C(c1cc(Br)ccc1Cl)N(CCCN1CCOCC1)c1nc2ccc(F)cc2s1. The van der Waals surface area contributed by atoms with Crippen LogP contribution in [0.5, 0.6) is 0 Å². The maximum Gasteiger partial charge on any atom is 0.261 e. The van der Waals surface area contributed by atoms with Gasteiger partial charge in [-0.1, -0.05) is 38.9 Å². The summed E-state index contributed by atoms with van der Waals surface area (Å²) in [6.45, 7) is 4.61. The van der Waals surface area contributed by atoms with E-state index in [4.69, 9.17) is 16.3 Å². The molecule has 0 radical (unpaired) electrons. The maximum absolute atomic E-state index is 13.6. The zero-order chi connectivity index (χ0) is 21.1. The van der Waals surface area contributed by atoms with Gasteiger partial charge in [-0.25, -0.2) is 9.37 Å². The van der Waals surface area contributed by atoms with Crippen molar-refractivity contribution in [2.75, 3.05) is 44.3 Å². The molecule has 3 aromatic rings. The number of rotatable bonds is 6. The quantitative estimate of drug-likeness (QED) is 0.400. The van der Waals surface area contributed by atoms with Crippen LogP contribution in [-0.2, 0) is 4.74 Å². The lowest BCUT2D eigenvalue weighted by molar-refractivity contribution is 0.0376. The van der Waals surface area contributed by atoms with Crippen molar-refractivity contribution in [3.05, 3.63) is 57.3 Å². The van der Waals surface area contributed by atoms with Crippen LogP contribution in [0.25, 0.3) is 10.2 Å². The molecule has 0 saturated carbocycles. The molecule has 0 spiro atoms. The molecule has 1 fully saturated rings. The summed E-state index contributed by atoms with van der Waals surface area (Å²) in [5.41, 5.74) is 1.07. The first-order chi connectivity index (χ1) is 14.5. The number of hydrogen-bond acceptors (Lipinski definition) is 5. The Bertz CT molecular complexity index is 1060. The first-order valence-electron chi connectivity index (χ1n) is 9.64. The minimum absolute atomic E-state index is 0. The highest BCUT2D eigenvalue weighted by atomic mass is 79.9. The predicted octanol–water partition coefficient (Wildman–Crippen LogP) is 5.64. The Morgan fingerprint density at radius 2 is 2.03 bits per heavy atom. The maximum atomic E-state index is 13.6. The third-order valence-corrected chi connectivity index (χ3v) is 6.80. The molecule has 2 heterocycles. The number of hydrogen-bond donors (Lipinski definition) is 0. The summed E-state index contributed by atoms with van der Waals surface area (Å²) in [6, 6.07) is 9.65. The number of benzene rings is 2. The number of halogens is 4. The van der Waals surface area contributed by atoms with E-state index in [1.165, 1.54) is 23.5 Å². The van der Waals surface area contributed by atoms with Gasteiger partial charge in [0.1, 0.15) is 5.82 Å². The lowest BCUT2D eigenvalue weighted by Crippen LogP contribution is -2.39. The number of aromatic nitrogens is 1.